The van der Waals surface area contributed by atoms with E-state index in [9.17, 15) is 4.79 Å². The summed E-state index contributed by atoms with van der Waals surface area (Å²) in [6.45, 7) is 6.51. The quantitative estimate of drug-likeness (QED) is 0.912. The Morgan fingerprint density at radius 3 is 2.55 bits per heavy atom. The standard InChI is InChI=1S/C17H19NO2/c1-4-20-16-8-6-5-7-15(16)18-17(19)14-10-9-12(2)13(3)11-14/h5-11H,4H2,1-3H3,(H,18,19). The average Bonchev–Trinajstić information content (AvgIpc) is 2.44. The summed E-state index contributed by atoms with van der Waals surface area (Å²) < 4.78 is 5.50. The minimum absolute atomic E-state index is 0.125. The third-order valence-electron chi connectivity index (χ3n) is 3.20. The van der Waals surface area contributed by atoms with Crippen molar-refractivity contribution in [2.45, 2.75) is 20.8 Å². The maximum atomic E-state index is 12.3. The normalized spacial score (nSPS) is 10.2. The van der Waals surface area contributed by atoms with Crippen molar-refractivity contribution in [2.75, 3.05) is 11.9 Å². The number of aryl methyl sites for hydroxylation is 2. The SMILES string of the molecule is CCOc1ccccc1NC(=O)c1ccc(C)c(C)c1. The second kappa shape index (κ2) is 6.24. The number of rotatable bonds is 4. The molecule has 0 aliphatic carbocycles. The number of carbonyl (C=O) groups excluding carboxylic acids is 1. The zero-order chi connectivity index (χ0) is 14.5. The summed E-state index contributed by atoms with van der Waals surface area (Å²) in [5, 5.41) is 2.89. The Morgan fingerprint density at radius 1 is 1.10 bits per heavy atom. The van der Waals surface area contributed by atoms with Gasteiger partial charge in [-0.1, -0.05) is 18.2 Å². The summed E-state index contributed by atoms with van der Waals surface area (Å²) in [5.74, 6) is 0.562. The molecule has 0 aromatic heterocycles. The molecule has 0 aliphatic heterocycles. The molecule has 0 unspecified atom stereocenters. The molecule has 0 atom stereocenters. The lowest BCUT2D eigenvalue weighted by atomic mass is 10.1. The van der Waals surface area contributed by atoms with Gasteiger partial charge in [-0.3, -0.25) is 4.79 Å². The first-order chi connectivity index (χ1) is 9.61. The summed E-state index contributed by atoms with van der Waals surface area (Å²) >= 11 is 0. The molecule has 0 aliphatic rings. The van der Waals surface area contributed by atoms with Crippen molar-refractivity contribution in [1.82, 2.24) is 0 Å². The van der Waals surface area contributed by atoms with Crippen LogP contribution in [0.4, 0.5) is 5.69 Å². The molecular weight excluding hydrogens is 250 g/mol. The summed E-state index contributed by atoms with van der Waals surface area (Å²) in [5.41, 5.74) is 3.63. The topological polar surface area (TPSA) is 38.3 Å². The molecule has 104 valence electrons. The number of anilines is 1. The number of carbonyl (C=O) groups is 1. The van der Waals surface area contributed by atoms with Gasteiger partial charge in [0.05, 0.1) is 12.3 Å². The highest BCUT2D eigenvalue weighted by molar-refractivity contribution is 6.05. The molecule has 0 saturated heterocycles. The highest BCUT2D eigenvalue weighted by atomic mass is 16.5. The third kappa shape index (κ3) is 3.18. The van der Waals surface area contributed by atoms with Gasteiger partial charge in [0.2, 0.25) is 0 Å². The van der Waals surface area contributed by atoms with Crippen molar-refractivity contribution in [1.29, 1.82) is 0 Å². The monoisotopic (exact) mass is 269 g/mol. The minimum Gasteiger partial charge on any atom is -0.492 e. The fraction of sp³-hybridized carbons (Fsp3) is 0.235. The molecule has 2 rings (SSSR count). The Hall–Kier alpha value is -2.29. The van der Waals surface area contributed by atoms with Gasteiger partial charge >= 0.3 is 0 Å². The Morgan fingerprint density at radius 2 is 1.85 bits per heavy atom. The van der Waals surface area contributed by atoms with Gasteiger partial charge in [-0.05, 0) is 56.2 Å². The first-order valence-electron chi connectivity index (χ1n) is 6.72. The maximum Gasteiger partial charge on any atom is 0.255 e. The molecule has 1 amide bonds. The van der Waals surface area contributed by atoms with E-state index < -0.39 is 0 Å². The van der Waals surface area contributed by atoms with Crippen LogP contribution < -0.4 is 10.1 Å². The predicted molar refractivity (Wildman–Crippen MR) is 81.5 cm³/mol. The molecule has 0 spiro atoms. The van der Waals surface area contributed by atoms with Crippen molar-refractivity contribution >= 4 is 11.6 Å². The molecule has 3 heteroatoms. The molecule has 1 N–H and O–H groups in total. The highest BCUT2D eigenvalue weighted by Gasteiger charge is 2.10. The summed E-state index contributed by atoms with van der Waals surface area (Å²) in [6, 6.07) is 13.1. The summed E-state index contributed by atoms with van der Waals surface area (Å²) in [6.07, 6.45) is 0. The van der Waals surface area contributed by atoms with Crippen LogP contribution >= 0.6 is 0 Å². The van der Waals surface area contributed by atoms with E-state index in [0.717, 1.165) is 5.56 Å². The van der Waals surface area contributed by atoms with Crippen LogP contribution in [-0.2, 0) is 0 Å². The second-order valence-corrected chi connectivity index (χ2v) is 4.68. The molecule has 0 radical (unpaired) electrons. The van der Waals surface area contributed by atoms with Crippen LogP contribution in [0.1, 0.15) is 28.4 Å². The van der Waals surface area contributed by atoms with Crippen LogP contribution in [0.25, 0.3) is 0 Å². The molecule has 20 heavy (non-hydrogen) atoms. The average molecular weight is 269 g/mol. The zero-order valence-corrected chi connectivity index (χ0v) is 12.1. The predicted octanol–water partition coefficient (Wildman–Crippen LogP) is 3.95. The molecule has 0 bridgehead atoms. The summed E-state index contributed by atoms with van der Waals surface area (Å²) in [7, 11) is 0. The van der Waals surface area contributed by atoms with Crippen LogP contribution in [0.2, 0.25) is 0 Å². The number of para-hydroxylation sites is 2. The minimum atomic E-state index is -0.125. The van der Waals surface area contributed by atoms with E-state index >= 15 is 0 Å². The number of hydrogen-bond donors (Lipinski definition) is 1. The van der Waals surface area contributed by atoms with Crippen molar-refractivity contribution in [3.63, 3.8) is 0 Å². The molecule has 0 fully saturated rings. The molecule has 2 aromatic carbocycles. The Balaban J connectivity index is 2.21. The highest BCUT2D eigenvalue weighted by Crippen LogP contribution is 2.24. The van der Waals surface area contributed by atoms with Crippen molar-refractivity contribution < 1.29 is 9.53 Å². The van der Waals surface area contributed by atoms with Crippen LogP contribution in [-0.4, -0.2) is 12.5 Å². The van der Waals surface area contributed by atoms with E-state index in [1.165, 1.54) is 5.56 Å². The van der Waals surface area contributed by atoms with Crippen molar-refractivity contribution in [2.24, 2.45) is 0 Å². The van der Waals surface area contributed by atoms with Crippen LogP contribution in [0.15, 0.2) is 42.5 Å². The molecule has 3 nitrogen and oxygen atoms in total. The number of amides is 1. The van der Waals surface area contributed by atoms with Gasteiger partial charge in [0, 0.05) is 5.56 Å². The molecule has 0 heterocycles. The van der Waals surface area contributed by atoms with Crippen LogP contribution in [0, 0.1) is 13.8 Å². The molecule has 2 aromatic rings. The molecular formula is C17H19NO2. The zero-order valence-electron chi connectivity index (χ0n) is 12.1. The maximum absolute atomic E-state index is 12.3. The van der Waals surface area contributed by atoms with E-state index in [1.807, 2.05) is 63.2 Å². The Labute approximate surface area is 119 Å². The number of hydrogen-bond acceptors (Lipinski definition) is 2. The number of ether oxygens (including phenoxy) is 1. The van der Waals surface area contributed by atoms with E-state index in [0.29, 0.717) is 23.6 Å². The van der Waals surface area contributed by atoms with Gasteiger partial charge < -0.3 is 10.1 Å². The summed E-state index contributed by atoms with van der Waals surface area (Å²) in [4.78, 5) is 12.3. The smallest absolute Gasteiger partial charge is 0.255 e. The van der Waals surface area contributed by atoms with Crippen LogP contribution in [0.3, 0.4) is 0 Å². The van der Waals surface area contributed by atoms with E-state index in [2.05, 4.69) is 5.32 Å². The Kier molecular flexibility index (Phi) is 4.41. The van der Waals surface area contributed by atoms with Gasteiger partial charge in [0.1, 0.15) is 5.75 Å². The van der Waals surface area contributed by atoms with Gasteiger partial charge in [-0.15, -0.1) is 0 Å². The van der Waals surface area contributed by atoms with Gasteiger partial charge in [0.25, 0.3) is 5.91 Å². The van der Waals surface area contributed by atoms with E-state index in [1.54, 1.807) is 0 Å². The van der Waals surface area contributed by atoms with Crippen molar-refractivity contribution in [3.05, 3.63) is 59.2 Å². The Bertz CT molecular complexity index is 620. The van der Waals surface area contributed by atoms with Gasteiger partial charge in [-0.25, -0.2) is 0 Å². The lowest BCUT2D eigenvalue weighted by Gasteiger charge is -2.11. The fourth-order valence-corrected chi connectivity index (χ4v) is 1.93. The largest absolute Gasteiger partial charge is 0.492 e. The lowest BCUT2D eigenvalue weighted by molar-refractivity contribution is 0.102. The van der Waals surface area contributed by atoms with E-state index in [4.69, 9.17) is 4.74 Å². The van der Waals surface area contributed by atoms with Gasteiger partial charge in [0.15, 0.2) is 0 Å². The van der Waals surface area contributed by atoms with Gasteiger partial charge in [-0.2, -0.15) is 0 Å². The number of nitrogens with one attached hydrogen (secondary N) is 1. The lowest BCUT2D eigenvalue weighted by Crippen LogP contribution is -2.13. The third-order valence-corrected chi connectivity index (χ3v) is 3.20. The number of benzene rings is 2. The molecule has 0 saturated carbocycles. The first-order valence-corrected chi connectivity index (χ1v) is 6.72. The fourth-order valence-electron chi connectivity index (χ4n) is 1.93. The van der Waals surface area contributed by atoms with Crippen molar-refractivity contribution in [3.8, 4) is 5.75 Å². The second-order valence-electron chi connectivity index (χ2n) is 4.68. The van der Waals surface area contributed by atoms with Crippen LogP contribution in [0.5, 0.6) is 5.75 Å². The van der Waals surface area contributed by atoms with E-state index in [-0.39, 0.29) is 5.91 Å². The first kappa shape index (κ1) is 14.1.